The van der Waals surface area contributed by atoms with E-state index in [-0.39, 0.29) is 0 Å². The summed E-state index contributed by atoms with van der Waals surface area (Å²) in [5, 5.41) is 9.28. The SMILES string of the molecule is CC(C)[C@H](CO)N1CC(C(C)(C)C)C1. The Morgan fingerprint density at radius 1 is 1.29 bits per heavy atom. The maximum Gasteiger partial charge on any atom is 0.0589 e. The summed E-state index contributed by atoms with van der Waals surface area (Å²) in [5.74, 6) is 1.36. The van der Waals surface area contributed by atoms with Gasteiger partial charge in [0.25, 0.3) is 0 Å². The molecule has 0 aromatic rings. The highest BCUT2D eigenvalue weighted by Crippen LogP contribution is 2.35. The number of aliphatic hydroxyl groups excluding tert-OH is 1. The summed E-state index contributed by atoms with van der Waals surface area (Å²) in [6, 6.07) is 0.369. The number of likely N-dealkylation sites (tertiary alicyclic amines) is 1. The van der Waals surface area contributed by atoms with Gasteiger partial charge in [-0.05, 0) is 17.3 Å². The molecule has 1 aliphatic heterocycles. The second-order valence-electron chi connectivity index (χ2n) is 6.01. The molecule has 0 bridgehead atoms. The fourth-order valence-electron chi connectivity index (χ4n) is 2.08. The molecule has 2 nitrogen and oxygen atoms in total. The number of aliphatic hydroxyl groups is 1. The molecule has 1 rings (SSSR count). The predicted molar refractivity (Wildman–Crippen MR) is 60.2 cm³/mol. The van der Waals surface area contributed by atoms with Crippen LogP contribution in [-0.2, 0) is 0 Å². The molecule has 0 aromatic carbocycles. The van der Waals surface area contributed by atoms with Crippen LogP contribution < -0.4 is 0 Å². The van der Waals surface area contributed by atoms with Crippen LogP contribution in [0.2, 0.25) is 0 Å². The predicted octanol–water partition coefficient (Wildman–Crippen LogP) is 1.98. The highest BCUT2D eigenvalue weighted by atomic mass is 16.3. The number of hydrogen-bond acceptors (Lipinski definition) is 2. The summed E-state index contributed by atoms with van der Waals surface area (Å²) in [6.45, 7) is 13.9. The zero-order chi connectivity index (χ0) is 10.9. The second kappa shape index (κ2) is 4.19. The second-order valence-corrected chi connectivity index (χ2v) is 6.01. The Hall–Kier alpha value is -0.0800. The van der Waals surface area contributed by atoms with E-state index in [0.29, 0.717) is 24.0 Å². The Morgan fingerprint density at radius 2 is 1.79 bits per heavy atom. The highest BCUT2D eigenvalue weighted by Gasteiger charge is 2.39. The van der Waals surface area contributed by atoms with Gasteiger partial charge in [-0.1, -0.05) is 34.6 Å². The van der Waals surface area contributed by atoms with Gasteiger partial charge in [-0.15, -0.1) is 0 Å². The summed E-state index contributed by atoms with van der Waals surface area (Å²) in [5.41, 5.74) is 0.424. The molecule has 2 heteroatoms. The van der Waals surface area contributed by atoms with Gasteiger partial charge in [-0.25, -0.2) is 0 Å². The number of rotatable bonds is 3. The average Bonchev–Trinajstić information content (AvgIpc) is 1.91. The number of hydrogen-bond donors (Lipinski definition) is 1. The van der Waals surface area contributed by atoms with Crippen LogP contribution in [0.25, 0.3) is 0 Å². The van der Waals surface area contributed by atoms with Gasteiger partial charge in [0.15, 0.2) is 0 Å². The molecule has 0 spiro atoms. The lowest BCUT2D eigenvalue weighted by molar-refractivity contribution is -0.0378. The molecule has 0 saturated carbocycles. The van der Waals surface area contributed by atoms with Gasteiger partial charge in [0, 0.05) is 19.1 Å². The third-order valence-corrected chi connectivity index (χ3v) is 3.56. The Kier molecular flexibility index (Phi) is 3.59. The van der Waals surface area contributed by atoms with E-state index in [1.807, 2.05) is 0 Å². The van der Waals surface area contributed by atoms with E-state index in [0.717, 1.165) is 19.0 Å². The van der Waals surface area contributed by atoms with Crippen molar-refractivity contribution in [2.24, 2.45) is 17.3 Å². The van der Waals surface area contributed by atoms with E-state index >= 15 is 0 Å². The van der Waals surface area contributed by atoms with Crippen LogP contribution in [-0.4, -0.2) is 35.7 Å². The Bertz CT molecular complexity index is 177. The quantitative estimate of drug-likeness (QED) is 0.751. The minimum absolute atomic E-state index is 0.300. The lowest BCUT2D eigenvalue weighted by Crippen LogP contribution is -2.58. The number of nitrogens with zero attached hydrogens (tertiary/aromatic N) is 1. The third kappa shape index (κ3) is 2.48. The van der Waals surface area contributed by atoms with E-state index in [9.17, 15) is 5.11 Å². The standard InChI is InChI=1S/C12H25NO/c1-9(2)11(8-14)13-6-10(7-13)12(3,4)5/h9-11,14H,6-8H2,1-5H3/t11-/m0/s1. The van der Waals surface area contributed by atoms with E-state index in [1.165, 1.54) is 0 Å². The van der Waals surface area contributed by atoms with Crippen LogP contribution in [0.5, 0.6) is 0 Å². The first kappa shape index (κ1) is 12.0. The minimum Gasteiger partial charge on any atom is -0.395 e. The molecule has 1 saturated heterocycles. The fourth-order valence-corrected chi connectivity index (χ4v) is 2.08. The van der Waals surface area contributed by atoms with Gasteiger partial charge < -0.3 is 5.11 Å². The molecule has 0 unspecified atom stereocenters. The van der Waals surface area contributed by atoms with Crippen molar-refractivity contribution in [3.63, 3.8) is 0 Å². The molecular weight excluding hydrogens is 174 g/mol. The van der Waals surface area contributed by atoms with Gasteiger partial charge in [-0.2, -0.15) is 0 Å². The Balaban J connectivity index is 2.40. The van der Waals surface area contributed by atoms with E-state index in [2.05, 4.69) is 39.5 Å². The average molecular weight is 199 g/mol. The molecular formula is C12H25NO. The van der Waals surface area contributed by atoms with Crippen LogP contribution in [0.15, 0.2) is 0 Å². The maximum atomic E-state index is 9.28. The molecule has 0 amide bonds. The monoisotopic (exact) mass is 199 g/mol. The van der Waals surface area contributed by atoms with E-state index < -0.39 is 0 Å². The lowest BCUT2D eigenvalue weighted by atomic mass is 9.75. The van der Waals surface area contributed by atoms with Gasteiger partial charge >= 0.3 is 0 Å². The zero-order valence-corrected chi connectivity index (χ0v) is 10.2. The van der Waals surface area contributed by atoms with Gasteiger partial charge in [0.1, 0.15) is 0 Å². The van der Waals surface area contributed by atoms with Crippen LogP contribution >= 0.6 is 0 Å². The summed E-state index contributed by atoms with van der Waals surface area (Å²) >= 11 is 0. The normalized spacial score (nSPS) is 22.5. The molecule has 0 radical (unpaired) electrons. The first-order valence-corrected chi connectivity index (χ1v) is 5.71. The lowest BCUT2D eigenvalue weighted by Gasteiger charge is -2.50. The van der Waals surface area contributed by atoms with Crippen molar-refractivity contribution in [3.8, 4) is 0 Å². The van der Waals surface area contributed by atoms with Crippen LogP contribution in [0.1, 0.15) is 34.6 Å². The fraction of sp³-hybridized carbons (Fsp3) is 1.00. The highest BCUT2D eigenvalue weighted by molar-refractivity contribution is 4.91. The maximum absolute atomic E-state index is 9.28. The molecule has 1 atom stereocenters. The van der Waals surface area contributed by atoms with Gasteiger partial charge in [0.05, 0.1) is 6.61 Å². The molecule has 0 aromatic heterocycles. The first-order valence-electron chi connectivity index (χ1n) is 5.71. The smallest absolute Gasteiger partial charge is 0.0589 e. The summed E-state index contributed by atoms with van der Waals surface area (Å²) in [6.07, 6.45) is 0. The van der Waals surface area contributed by atoms with E-state index in [1.54, 1.807) is 0 Å². The van der Waals surface area contributed by atoms with Crippen molar-refractivity contribution in [3.05, 3.63) is 0 Å². The van der Waals surface area contributed by atoms with Crippen LogP contribution in [0.4, 0.5) is 0 Å². The molecule has 1 aliphatic rings. The molecule has 14 heavy (non-hydrogen) atoms. The Morgan fingerprint density at radius 3 is 2.07 bits per heavy atom. The molecule has 84 valence electrons. The van der Waals surface area contributed by atoms with Crippen LogP contribution in [0, 0.1) is 17.3 Å². The molecule has 0 aliphatic carbocycles. The topological polar surface area (TPSA) is 23.5 Å². The molecule has 1 fully saturated rings. The third-order valence-electron chi connectivity index (χ3n) is 3.56. The van der Waals surface area contributed by atoms with Crippen molar-refractivity contribution in [2.45, 2.75) is 40.7 Å². The van der Waals surface area contributed by atoms with Crippen molar-refractivity contribution < 1.29 is 5.11 Å². The van der Waals surface area contributed by atoms with Crippen molar-refractivity contribution in [1.29, 1.82) is 0 Å². The zero-order valence-electron chi connectivity index (χ0n) is 10.2. The summed E-state index contributed by atoms with van der Waals surface area (Å²) < 4.78 is 0. The first-order chi connectivity index (χ1) is 6.36. The van der Waals surface area contributed by atoms with Crippen LogP contribution in [0.3, 0.4) is 0 Å². The van der Waals surface area contributed by atoms with Crippen molar-refractivity contribution >= 4 is 0 Å². The summed E-state index contributed by atoms with van der Waals surface area (Å²) in [7, 11) is 0. The minimum atomic E-state index is 0.300. The van der Waals surface area contributed by atoms with Crippen molar-refractivity contribution in [1.82, 2.24) is 4.90 Å². The molecule has 1 N–H and O–H groups in total. The largest absolute Gasteiger partial charge is 0.395 e. The Labute approximate surface area is 88.3 Å². The van der Waals surface area contributed by atoms with Gasteiger partial charge in [-0.3, -0.25) is 4.90 Å². The van der Waals surface area contributed by atoms with E-state index in [4.69, 9.17) is 0 Å². The summed E-state index contributed by atoms with van der Waals surface area (Å²) in [4.78, 5) is 2.42. The van der Waals surface area contributed by atoms with Crippen molar-refractivity contribution in [2.75, 3.05) is 19.7 Å². The molecule has 1 heterocycles. The van der Waals surface area contributed by atoms with Gasteiger partial charge in [0.2, 0.25) is 0 Å².